The zero-order valence-electron chi connectivity index (χ0n) is 9.58. The summed E-state index contributed by atoms with van der Waals surface area (Å²) < 4.78 is 27.1. The van der Waals surface area contributed by atoms with Crippen molar-refractivity contribution in [2.75, 3.05) is 11.1 Å². The molecule has 1 amide bonds. The average Bonchev–Trinajstić information content (AvgIpc) is 2.36. The van der Waals surface area contributed by atoms with Gasteiger partial charge in [-0.2, -0.15) is 0 Å². The van der Waals surface area contributed by atoms with E-state index in [2.05, 4.69) is 21.2 Å². The molecule has 0 bridgehead atoms. The van der Waals surface area contributed by atoms with E-state index in [0.717, 1.165) is 6.07 Å². The lowest BCUT2D eigenvalue weighted by Gasteiger charge is -2.07. The Morgan fingerprint density at radius 2 is 1.84 bits per heavy atom. The second-order valence-electron chi connectivity index (χ2n) is 3.81. The highest BCUT2D eigenvalue weighted by molar-refractivity contribution is 9.10. The molecule has 0 fully saturated rings. The van der Waals surface area contributed by atoms with Crippen LogP contribution in [0.15, 0.2) is 40.9 Å². The number of carbonyl (C=O) groups excluding carboxylic acids is 1. The molecule has 0 heterocycles. The van der Waals surface area contributed by atoms with Crippen LogP contribution in [-0.2, 0) is 0 Å². The number of nitrogens with one attached hydrogen (secondary N) is 1. The van der Waals surface area contributed by atoms with E-state index in [4.69, 9.17) is 5.73 Å². The molecule has 3 nitrogen and oxygen atoms in total. The van der Waals surface area contributed by atoms with Gasteiger partial charge in [0.25, 0.3) is 5.91 Å². The van der Waals surface area contributed by atoms with Crippen molar-refractivity contribution < 1.29 is 13.6 Å². The van der Waals surface area contributed by atoms with Gasteiger partial charge in [-0.15, -0.1) is 0 Å². The van der Waals surface area contributed by atoms with Crippen molar-refractivity contribution in [2.45, 2.75) is 0 Å². The Kier molecular flexibility index (Phi) is 3.80. The first-order chi connectivity index (χ1) is 8.97. The zero-order chi connectivity index (χ0) is 14.0. The Hall–Kier alpha value is -1.95. The zero-order valence-corrected chi connectivity index (χ0v) is 11.2. The average molecular weight is 327 g/mol. The lowest BCUT2D eigenvalue weighted by molar-refractivity contribution is 0.102. The number of halogens is 3. The summed E-state index contributed by atoms with van der Waals surface area (Å²) >= 11 is 3.11. The second-order valence-corrected chi connectivity index (χ2v) is 4.73. The molecule has 0 aliphatic rings. The number of hydrogen-bond donors (Lipinski definition) is 2. The third kappa shape index (κ3) is 3.08. The van der Waals surface area contributed by atoms with Crippen LogP contribution in [0.4, 0.5) is 20.2 Å². The van der Waals surface area contributed by atoms with Crippen LogP contribution in [-0.4, -0.2) is 5.91 Å². The summed E-state index contributed by atoms with van der Waals surface area (Å²) in [5, 5.41) is 2.39. The number of carbonyl (C=O) groups is 1. The maximum atomic E-state index is 13.5. The van der Waals surface area contributed by atoms with E-state index in [1.807, 2.05) is 0 Å². The maximum Gasteiger partial charge on any atom is 0.255 e. The van der Waals surface area contributed by atoms with Crippen molar-refractivity contribution in [2.24, 2.45) is 0 Å². The molecule has 2 aromatic rings. The summed E-state index contributed by atoms with van der Waals surface area (Å²) in [6, 6.07) is 7.80. The lowest BCUT2D eigenvalue weighted by atomic mass is 10.1. The van der Waals surface area contributed by atoms with Crippen LogP contribution in [0.2, 0.25) is 0 Å². The first-order valence-corrected chi connectivity index (χ1v) is 6.08. The third-order valence-corrected chi connectivity index (χ3v) is 2.93. The first-order valence-electron chi connectivity index (χ1n) is 5.29. The molecule has 0 saturated carbocycles. The molecule has 19 heavy (non-hydrogen) atoms. The fourth-order valence-electron chi connectivity index (χ4n) is 1.47. The summed E-state index contributed by atoms with van der Waals surface area (Å²) in [5.74, 6) is -1.74. The number of hydrogen-bond acceptors (Lipinski definition) is 2. The van der Waals surface area contributed by atoms with Gasteiger partial charge in [0.05, 0.1) is 11.4 Å². The molecule has 0 radical (unpaired) electrons. The molecule has 98 valence electrons. The predicted octanol–water partition coefficient (Wildman–Crippen LogP) is 3.56. The highest BCUT2D eigenvalue weighted by atomic mass is 79.9. The smallest absolute Gasteiger partial charge is 0.255 e. The Morgan fingerprint density at radius 1 is 1.11 bits per heavy atom. The standard InChI is InChI=1S/C13H9BrF2N2O/c14-8-2-4-12(10(16)6-8)18-13(19)7-1-3-9(15)11(17)5-7/h1-6H,17H2,(H,18,19). The van der Waals surface area contributed by atoms with E-state index in [9.17, 15) is 13.6 Å². The van der Waals surface area contributed by atoms with Crippen molar-refractivity contribution in [1.82, 2.24) is 0 Å². The number of anilines is 2. The van der Waals surface area contributed by atoms with Gasteiger partial charge in [-0.3, -0.25) is 4.79 Å². The summed E-state index contributed by atoms with van der Waals surface area (Å²) in [5.41, 5.74) is 5.42. The van der Waals surface area contributed by atoms with E-state index in [0.29, 0.717) is 4.47 Å². The summed E-state index contributed by atoms with van der Waals surface area (Å²) in [6.45, 7) is 0. The highest BCUT2D eigenvalue weighted by Gasteiger charge is 2.11. The molecular formula is C13H9BrF2N2O. The molecule has 3 N–H and O–H groups in total. The van der Waals surface area contributed by atoms with Gasteiger partial charge in [0.1, 0.15) is 11.6 Å². The van der Waals surface area contributed by atoms with Crippen LogP contribution in [0.25, 0.3) is 0 Å². The largest absolute Gasteiger partial charge is 0.396 e. The van der Waals surface area contributed by atoms with Crippen molar-refractivity contribution >= 4 is 33.2 Å². The van der Waals surface area contributed by atoms with Crippen molar-refractivity contribution in [1.29, 1.82) is 0 Å². The molecule has 0 aliphatic carbocycles. The number of benzene rings is 2. The van der Waals surface area contributed by atoms with Crippen LogP contribution in [0.1, 0.15) is 10.4 Å². The molecule has 0 aliphatic heterocycles. The van der Waals surface area contributed by atoms with Gasteiger partial charge in [0.15, 0.2) is 0 Å². The molecule has 0 unspecified atom stereocenters. The monoisotopic (exact) mass is 326 g/mol. The summed E-state index contributed by atoms with van der Waals surface area (Å²) in [7, 11) is 0. The lowest BCUT2D eigenvalue weighted by Crippen LogP contribution is -2.13. The number of nitrogen functional groups attached to an aromatic ring is 1. The third-order valence-electron chi connectivity index (χ3n) is 2.44. The first kappa shape index (κ1) is 13.5. The van der Waals surface area contributed by atoms with Gasteiger partial charge in [0, 0.05) is 10.0 Å². The molecule has 6 heteroatoms. The molecule has 2 rings (SSSR count). The predicted molar refractivity (Wildman–Crippen MR) is 72.9 cm³/mol. The Labute approximate surface area is 116 Å². The Balaban J connectivity index is 2.23. The van der Waals surface area contributed by atoms with E-state index in [1.165, 1.54) is 24.3 Å². The second kappa shape index (κ2) is 5.36. The van der Waals surface area contributed by atoms with E-state index in [1.54, 1.807) is 6.07 Å². The van der Waals surface area contributed by atoms with Gasteiger partial charge < -0.3 is 11.1 Å². The summed E-state index contributed by atoms with van der Waals surface area (Å²) in [6.07, 6.45) is 0. The highest BCUT2D eigenvalue weighted by Crippen LogP contribution is 2.20. The van der Waals surface area contributed by atoms with Gasteiger partial charge in [-0.05, 0) is 36.4 Å². The van der Waals surface area contributed by atoms with Crippen LogP contribution < -0.4 is 11.1 Å². The van der Waals surface area contributed by atoms with Crippen LogP contribution >= 0.6 is 15.9 Å². The number of nitrogens with two attached hydrogens (primary N) is 1. The molecule has 2 aromatic carbocycles. The molecule has 0 atom stereocenters. The molecule has 0 saturated heterocycles. The molecular weight excluding hydrogens is 318 g/mol. The van der Waals surface area contributed by atoms with Gasteiger partial charge in [-0.1, -0.05) is 15.9 Å². The van der Waals surface area contributed by atoms with Gasteiger partial charge in [-0.25, -0.2) is 8.78 Å². The fourth-order valence-corrected chi connectivity index (χ4v) is 1.80. The van der Waals surface area contributed by atoms with Crippen LogP contribution in [0, 0.1) is 11.6 Å². The number of amides is 1. The minimum Gasteiger partial charge on any atom is -0.396 e. The summed E-state index contributed by atoms with van der Waals surface area (Å²) in [4.78, 5) is 11.8. The quantitative estimate of drug-likeness (QED) is 0.829. The molecule has 0 spiro atoms. The van der Waals surface area contributed by atoms with Crippen molar-refractivity contribution in [3.05, 3.63) is 58.1 Å². The van der Waals surface area contributed by atoms with E-state index in [-0.39, 0.29) is 16.9 Å². The van der Waals surface area contributed by atoms with Crippen molar-refractivity contribution in [3.63, 3.8) is 0 Å². The maximum absolute atomic E-state index is 13.5. The Bertz CT molecular complexity index is 647. The van der Waals surface area contributed by atoms with E-state index < -0.39 is 17.5 Å². The van der Waals surface area contributed by atoms with Gasteiger partial charge in [0.2, 0.25) is 0 Å². The van der Waals surface area contributed by atoms with Crippen LogP contribution in [0.5, 0.6) is 0 Å². The fraction of sp³-hybridized carbons (Fsp3) is 0. The van der Waals surface area contributed by atoms with Gasteiger partial charge >= 0.3 is 0 Å². The molecule has 0 aromatic heterocycles. The Morgan fingerprint density at radius 3 is 2.47 bits per heavy atom. The van der Waals surface area contributed by atoms with E-state index >= 15 is 0 Å². The normalized spacial score (nSPS) is 10.3. The minimum absolute atomic E-state index is 0.0381. The van der Waals surface area contributed by atoms with Crippen molar-refractivity contribution in [3.8, 4) is 0 Å². The van der Waals surface area contributed by atoms with Crippen LogP contribution in [0.3, 0.4) is 0 Å². The number of rotatable bonds is 2. The minimum atomic E-state index is -0.605. The topological polar surface area (TPSA) is 55.1 Å². The SMILES string of the molecule is Nc1cc(C(=O)Nc2ccc(Br)cc2F)ccc1F.